The molecule has 0 aliphatic rings. The summed E-state index contributed by atoms with van der Waals surface area (Å²) in [5, 5.41) is 21.5. The molecule has 0 aliphatic carbocycles. The van der Waals surface area contributed by atoms with Crippen LogP contribution in [0.1, 0.15) is 5.56 Å². The van der Waals surface area contributed by atoms with Gasteiger partial charge in [-0.25, -0.2) is 0 Å². The van der Waals surface area contributed by atoms with E-state index in [-0.39, 0.29) is 23.5 Å². The van der Waals surface area contributed by atoms with Crippen LogP contribution < -0.4 is 15.6 Å². The van der Waals surface area contributed by atoms with Crippen molar-refractivity contribution in [2.75, 3.05) is 5.73 Å². The van der Waals surface area contributed by atoms with Crippen LogP contribution in [0.2, 0.25) is 0 Å². The Bertz CT molecular complexity index is 772. The van der Waals surface area contributed by atoms with E-state index in [1.54, 1.807) is 12.1 Å². The van der Waals surface area contributed by atoms with Gasteiger partial charge in [-0.1, -0.05) is 0 Å². The third-order valence-corrected chi connectivity index (χ3v) is 4.00. The molecule has 0 atom stereocenters. The molecule has 0 aliphatic heterocycles. The molecule has 0 radical (unpaired) electrons. The van der Waals surface area contributed by atoms with E-state index < -0.39 is 10.9 Å². The number of carboxylic acids is 1. The van der Waals surface area contributed by atoms with E-state index in [0.717, 1.165) is 0 Å². The Morgan fingerprint density at radius 1 is 1.22 bits per heavy atom. The van der Waals surface area contributed by atoms with Crippen LogP contribution in [-0.2, 0) is 11.2 Å². The summed E-state index contributed by atoms with van der Waals surface area (Å²) < 4.78 is 6.61. The standard InChI is InChI=1S/C14H10Br2N2O5/c15-9-3-7(5-13(19)20)4-10(16)14(9)23-8-1-2-11(17)12(6-8)18(21)22/h1-4,6H,5,17H2,(H,19,20)/p-1. The highest BCUT2D eigenvalue weighted by molar-refractivity contribution is 9.11. The number of carbonyl (C=O) groups excluding carboxylic acids is 1. The van der Waals surface area contributed by atoms with Crippen molar-refractivity contribution in [1.29, 1.82) is 0 Å². The van der Waals surface area contributed by atoms with E-state index in [9.17, 15) is 20.0 Å². The average molecular weight is 445 g/mol. The average Bonchev–Trinajstić information content (AvgIpc) is 2.43. The highest BCUT2D eigenvalue weighted by Crippen LogP contribution is 2.39. The quantitative estimate of drug-likeness (QED) is 0.430. The SMILES string of the molecule is Nc1ccc(Oc2c(Br)cc(CC(=O)[O-])cc2Br)cc1[N+](=O)[O-]. The minimum absolute atomic E-state index is 0.0322. The number of ether oxygens (including phenoxy) is 1. The zero-order chi connectivity index (χ0) is 17.1. The summed E-state index contributed by atoms with van der Waals surface area (Å²) in [6, 6.07) is 7.22. The van der Waals surface area contributed by atoms with Crippen molar-refractivity contribution in [3.63, 3.8) is 0 Å². The van der Waals surface area contributed by atoms with Gasteiger partial charge in [0.1, 0.15) is 11.4 Å². The topological polar surface area (TPSA) is 119 Å². The summed E-state index contributed by atoms with van der Waals surface area (Å²) >= 11 is 6.56. The number of nitrogen functional groups attached to an aromatic ring is 1. The maximum absolute atomic E-state index is 10.9. The molecular weight excluding hydrogens is 436 g/mol. The minimum Gasteiger partial charge on any atom is -0.550 e. The third kappa shape index (κ3) is 4.20. The van der Waals surface area contributed by atoms with Crippen molar-refractivity contribution < 1.29 is 19.6 Å². The lowest BCUT2D eigenvalue weighted by Crippen LogP contribution is -2.24. The molecule has 0 unspecified atom stereocenters. The third-order valence-electron chi connectivity index (χ3n) is 2.83. The molecule has 0 aromatic heterocycles. The van der Waals surface area contributed by atoms with Crippen LogP contribution in [0.3, 0.4) is 0 Å². The summed E-state index contributed by atoms with van der Waals surface area (Å²) in [7, 11) is 0. The molecule has 2 rings (SSSR count). The fourth-order valence-corrected chi connectivity index (χ4v) is 3.28. The van der Waals surface area contributed by atoms with Gasteiger partial charge in [-0.05, 0) is 61.7 Å². The molecule has 0 saturated carbocycles. The smallest absolute Gasteiger partial charge is 0.295 e. The zero-order valence-electron chi connectivity index (χ0n) is 11.4. The van der Waals surface area contributed by atoms with Crippen molar-refractivity contribution in [1.82, 2.24) is 0 Å². The Hall–Kier alpha value is -2.13. The van der Waals surface area contributed by atoms with E-state index >= 15 is 0 Å². The van der Waals surface area contributed by atoms with Crippen LogP contribution in [0.5, 0.6) is 11.5 Å². The largest absolute Gasteiger partial charge is 0.550 e. The summed E-state index contributed by atoms with van der Waals surface area (Å²) in [5.41, 5.74) is 5.82. The van der Waals surface area contributed by atoms with E-state index in [0.29, 0.717) is 20.3 Å². The molecule has 2 N–H and O–H groups in total. The molecule has 2 aromatic rings. The Kier molecular flexibility index (Phi) is 5.22. The van der Waals surface area contributed by atoms with Gasteiger partial charge in [-0.15, -0.1) is 0 Å². The summed E-state index contributed by atoms with van der Waals surface area (Å²) in [5.74, 6) is -0.627. The molecule has 0 bridgehead atoms. The molecule has 0 fully saturated rings. The second-order valence-electron chi connectivity index (χ2n) is 4.52. The number of hydrogen-bond donors (Lipinski definition) is 1. The van der Waals surface area contributed by atoms with Gasteiger partial charge < -0.3 is 20.4 Å². The Balaban J connectivity index is 2.35. The number of rotatable bonds is 5. The number of aliphatic carboxylic acids is 1. The molecular formula is C14H9Br2N2O5-. The van der Waals surface area contributed by atoms with Crippen molar-refractivity contribution in [3.8, 4) is 11.5 Å². The fourth-order valence-electron chi connectivity index (χ4n) is 1.84. The molecule has 120 valence electrons. The van der Waals surface area contributed by atoms with Crippen molar-refractivity contribution in [2.24, 2.45) is 0 Å². The molecule has 9 heteroatoms. The van der Waals surface area contributed by atoms with Crippen LogP contribution in [0.25, 0.3) is 0 Å². The number of carbonyl (C=O) groups is 1. The zero-order valence-corrected chi connectivity index (χ0v) is 14.6. The summed E-state index contributed by atoms with van der Waals surface area (Å²) in [6.45, 7) is 0. The number of benzene rings is 2. The second-order valence-corrected chi connectivity index (χ2v) is 6.23. The number of nitro groups is 1. The lowest BCUT2D eigenvalue weighted by Gasteiger charge is -2.12. The highest BCUT2D eigenvalue weighted by atomic mass is 79.9. The number of anilines is 1. The maximum atomic E-state index is 10.9. The van der Waals surface area contributed by atoms with Crippen LogP contribution in [-0.4, -0.2) is 10.9 Å². The van der Waals surface area contributed by atoms with Gasteiger partial charge in [0.2, 0.25) is 0 Å². The van der Waals surface area contributed by atoms with Crippen molar-refractivity contribution in [2.45, 2.75) is 6.42 Å². The molecule has 0 saturated heterocycles. The second kappa shape index (κ2) is 6.97. The van der Waals surface area contributed by atoms with Gasteiger partial charge in [0, 0.05) is 12.4 Å². The summed E-state index contributed by atoms with van der Waals surface area (Å²) in [6.07, 6.45) is -0.245. The van der Waals surface area contributed by atoms with Gasteiger partial charge in [0.05, 0.1) is 19.9 Å². The number of nitro benzene ring substituents is 1. The van der Waals surface area contributed by atoms with Gasteiger partial charge in [0.25, 0.3) is 5.69 Å². The first-order valence-corrected chi connectivity index (χ1v) is 7.76. The molecule has 0 amide bonds. The first-order chi connectivity index (χ1) is 10.8. The molecule has 0 spiro atoms. The van der Waals surface area contributed by atoms with Crippen LogP contribution in [0, 0.1) is 10.1 Å². The Labute approximate surface area is 147 Å². The van der Waals surface area contributed by atoms with Crippen LogP contribution >= 0.6 is 31.9 Å². The number of carboxylic acid groups (broad SMARTS) is 1. The van der Waals surface area contributed by atoms with E-state index in [4.69, 9.17) is 10.5 Å². The highest BCUT2D eigenvalue weighted by Gasteiger charge is 2.15. The van der Waals surface area contributed by atoms with E-state index in [1.165, 1.54) is 18.2 Å². The molecule has 7 nitrogen and oxygen atoms in total. The van der Waals surface area contributed by atoms with E-state index in [1.807, 2.05) is 0 Å². The minimum atomic E-state index is -1.20. The molecule has 2 aromatic carbocycles. The van der Waals surface area contributed by atoms with Gasteiger partial charge in [0.15, 0.2) is 5.75 Å². The lowest BCUT2D eigenvalue weighted by molar-refractivity contribution is -0.384. The number of halogens is 2. The number of hydrogen-bond acceptors (Lipinski definition) is 6. The predicted molar refractivity (Wildman–Crippen MR) is 88.1 cm³/mol. The fraction of sp³-hybridized carbons (Fsp3) is 0.0714. The molecule has 23 heavy (non-hydrogen) atoms. The van der Waals surface area contributed by atoms with Gasteiger partial charge in [-0.3, -0.25) is 10.1 Å². The van der Waals surface area contributed by atoms with Gasteiger partial charge in [-0.2, -0.15) is 0 Å². The number of nitrogens with zero attached hydrogens (tertiary/aromatic N) is 1. The van der Waals surface area contributed by atoms with Crippen molar-refractivity contribution in [3.05, 3.63) is 55.0 Å². The first-order valence-electron chi connectivity index (χ1n) is 6.17. The lowest BCUT2D eigenvalue weighted by atomic mass is 10.1. The molecule has 0 heterocycles. The Morgan fingerprint density at radius 3 is 2.35 bits per heavy atom. The van der Waals surface area contributed by atoms with Crippen LogP contribution in [0.15, 0.2) is 39.3 Å². The normalized spacial score (nSPS) is 10.3. The Morgan fingerprint density at radius 2 is 1.83 bits per heavy atom. The summed E-state index contributed by atoms with van der Waals surface area (Å²) in [4.78, 5) is 20.9. The van der Waals surface area contributed by atoms with Crippen LogP contribution in [0.4, 0.5) is 11.4 Å². The maximum Gasteiger partial charge on any atom is 0.295 e. The number of nitrogens with two attached hydrogens (primary N) is 1. The first kappa shape index (κ1) is 17.2. The van der Waals surface area contributed by atoms with Crippen molar-refractivity contribution >= 4 is 49.2 Å². The van der Waals surface area contributed by atoms with E-state index in [2.05, 4.69) is 31.9 Å². The van der Waals surface area contributed by atoms with Gasteiger partial charge >= 0.3 is 0 Å². The predicted octanol–water partition coefficient (Wildman–Crippen LogP) is 2.79. The monoisotopic (exact) mass is 443 g/mol.